The van der Waals surface area contributed by atoms with E-state index in [-0.39, 0.29) is 18.4 Å². The van der Waals surface area contributed by atoms with Crippen molar-refractivity contribution in [2.45, 2.75) is 32.8 Å². The fraction of sp³-hybridized carbons (Fsp3) is 0.300. The smallest absolute Gasteiger partial charge is 0.269 e. The van der Waals surface area contributed by atoms with Gasteiger partial charge in [0.05, 0.1) is 19.6 Å². The summed E-state index contributed by atoms with van der Waals surface area (Å²) in [7, 11) is 1.58. The standard InChI is InChI=1S/C20H24N2O4/c1-4-14(2)26-18-7-5-6-16(13-18)20(24)22-21-19(23)12-15-8-10-17(25-3)11-9-15/h5-11,13-14H,4,12H2,1-3H3,(H,21,23)(H,22,24). The molecule has 0 aromatic heterocycles. The number of carbonyl (C=O) groups is 2. The molecule has 0 saturated heterocycles. The first-order valence-electron chi connectivity index (χ1n) is 8.50. The van der Waals surface area contributed by atoms with Gasteiger partial charge in [-0.05, 0) is 49.2 Å². The fourth-order valence-corrected chi connectivity index (χ4v) is 2.20. The van der Waals surface area contributed by atoms with Gasteiger partial charge in [-0.15, -0.1) is 0 Å². The van der Waals surface area contributed by atoms with Crippen LogP contribution in [0.1, 0.15) is 36.2 Å². The Balaban J connectivity index is 1.87. The molecule has 0 spiro atoms. The van der Waals surface area contributed by atoms with Crippen LogP contribution in [0, 0.1) is 0 Å². The number of hydrogen-bond acceptors (Lipinski definition) is 4. The van der Waals surface area contributed by atoms with E-state index in [0.29, 0.717) is 11.3 Å². The van der Waals surface area contributed by atoms with E-state index in [1.807, 2.05) is 13.8 Å². The monoisotopic (exact) mass is 356 g/mol. The summed E-state index contributed by atoms with van der Waals surface area (Å²) < 4.78 is 10.8. The van der Waals surface area contributed by atoms with Gasteiger partial charge in [0.25, 0.3) is 5.91 Å². The predicted octanol–water partition coefficient (Wildman–Crippen LogP) is 2.88. The van der Waals surface area contributed by atoms with Gasteiger partial charge in [-0.3, -0.25) is 20.4 Å². The molecule has 6 nitrogen and oxygen atoms in total. The van der Waals surface area contributed by atoms with Gasteiger partial charge in [0.15, 0.2) is 0 Å². The van der Waals surface area contributed by atoms with Gasteiger partial charge >= 0.3 is 0 Å². The van der Waals surface area contributed by atoms with Crippen LogP contribution < -0.4 is 20.3 Å². The highest BCUT2D eigenvalue weighted by Gasteiger charge is 2.10. The van der Waals surface area contributed by atoms with Crippen LogP contribution in [0.3, 0.4) is 0 Å². The molecule has 0 radical (unpaired) electrons. The zero-order valence-electron chi connectivity index (χ0n) is 15.2. The second kappa shape index (κ2) is 9.46. The Labute approximate surface area is 153 Å². The summed E-state index contributed by atoms with van der Waals surface area (Å²) in [4.78, 5) is 24.2. The zero-order chi connectivity index (χ0) is 18.9. The first kappa shape index (κ1) is 19.3. The number of ether oxygens (including phenoxy) is 2. The molecule has 1 unspecified atom stereocenters. The molecule has 6 heteroatoms. The van der Waals surface area contributed by atoms with E-state index < -0.39 is 5.91 Å². The maximum atomic E-state index is 12.2. The van der Waals surface area contributed by atoms with Crippen molar-refractivity contribution in [3.05, 3.63) is 59.7 Å². The lowest BCUT2D eigenvalue weighted by atomic mass is 10.1. The quantitative estimate of drug-likeness (QED) is 0.748. The van der Waals surface area contributed by atoms with Gasteiger partial charge in [0, 0.05) is 5.56 Å². The number of nitrogens with one attached hydrogen (secondary N) is 2. The zero-order valence-corrected chi connectivity index (χ0v) is 15.2. The van der Waals surface area contributed by atoms with Crippen molar-refractivity contribution in [2.75, 3.05) is 7.11 Å². The minimum Gasteiger partial charge on any atom is -0.497 e. The summed E-state index contributed by atoms with van der Waals surface area (Å²) >= 11 is 0. The van der Waals surface area contributed by atoms with E-state index in [1.165, 1.54) is 0 Å². The molecule has 138 valence electrons. The molecule has 2 aromatic rings. The fourth-order valence-electron chi connectivity index (χ4n) is 2.20. The van der Waals surface area contributed by atoms with Crippen LogP contribution in [0.2, 0.25) is 0 Å². The van der Waals surface area contributed by atoms with Gasteiger partial charge in [-0.2, -0.15) is 0 Å². The van der Waals surface area contributed by atoms with E-state index in [4.69, 9.17) is 9.47 Å². The van der Waals surface area contributed by atoms with Crippen molar-refractivity contribution >= 4 is 11.8 Å². The van der Waals surface area contributed by atoms with Crippen molar-refractivity contribution in [2.24, 2.45) is 0 Å². The number of benzene rings is 2. The lowest BCUT2D eigenvalue weighted by Gasteiger charge is -2.13. The third-order valence-corrected chi connectivity index (χ3v) is 3.85. The summed E-state index contributed by atoms with van der Waals surface area (Å²) in [5.74, 6) is 0.636. The SMILES string of the molecule is CCC(C)Oc1cccc(C(=O)NNC(=O)Cc2ccc(OC)cc2)c1. The van der Waals surface area contributed by atoms with Crippen LogP contribution in [-0.4, -0.2) is 25.0 Å². The number of hydrogen-bond donors (Lipinski definition) is 2. The molecular weight excluding hydrogens is 332 g/mol. The minimum atomic E-state index is -0.400. The number of rotatable bonds is 7. The van der Waals surface area contributed by atoms with E-state index in [9.17, 15) is 9.59 Å². The van der Waals surface area contributed by atoms with Crippen molar-refractivity contribution in [3.63, 3.8) is 0 Å². The first-order valence-corrected chi connectivity index (χ1v) is 8.50. The van der Waals surface area contributed by atoms with Crippen molar-refractivity contribution in [3.8, 4) is 11.5 Å². The summed E-state index contributed by atoms with van der Waals surface area (Å²) in [5, 5.41) is 0. The van der Waals surface area contributed by atoms with Gasteiger partial charge in [0.2, 0.25) is 5.91 Å². The molecule has 0 heterocycles. The Hall–Kier alpha value is -3.02. The molecule has 0 aliphatic heterocycles. The number of hydrazine groups is 1. The van der Waals surface area contributed by atoms with E-state index in [0.717, 1.165) is 17.7 Å². The molecule has 0 aliphatic rings. The molecule has 2 N–H and O–H groups in total. The van der Waals surface area contributed by atoms with Gasteiger partial charge in [-0.25, -0.2) is 0 Å². The predicted molar refractivity (Wildman–Crippen MR) is 99.1 cm³/mol. The van der Waals surface area contributed by atoms with Crippen molar-refractivity contribution in [1.29, 1.82) is 0 Å². The van der Waals surface area contributed by atoms with Crippen LogP contribution in [0.25, 0.3) is 0 Å². The molecule has 2 amide bonds. The van der Waals surface area contributed by atoms with Crippen LogP contribution >= 0.6 is 0 Å². The minimum absolute atomic E-state index is 0.0671. The topological polar surface area (TPSA) is 76.7 Å². The van der Waals surface area contributed by atoms with Crippen LogP contribution in [0.15, 0.2) is 48.5 Å². The second-order valence-corrected chi connectivity index (χ2v) is 5.89. The third-order valence-electron chi connectivity index (χ3n) is 3.85. The summed E-state index contributed by atoms with van der Waals surface area (Å²) in [6.07, 6.45) is 1.09. The molecule has 0 fully saturated rings. The number of amides is 2. The first-order chi connectivity index (χ1) is 12.5. The second-order valence-electron chi connectivity index (χ2n) is 5.89. The highest BCUT2D eigenvalue weighted by Crippen LogP contribution is 2.16. The number of methoxy groups -OCH3 is 1. The van der Waals surface area contributed by atoms with E-state index >= 15 is 0 Å². The molecule has 26 heavy (non-hydrogen) atoms. The lowest BCUT2D eigenvalue weighted by molar-refractivity contribution is -0.121. The molecule has 1 atom stereocenters. The van der Waals surface area contributed by atoms with Crippen molar-refractivity contribution in [1.82, 2.24) is 10.9 Å². The molecule has 0 bridgehead atoms. The third kappa shape index (κ3) is 5.81. The molecule has 2 aromatic carbocycles. The van der Waals surface area contributed by atoms with Crippen LogP contribution in [0.5, 0.6) is 11.5 Å². The Morgan fingerprint density at radius 1 is 1.04 bits per heavy atom. The van der Waals surface area contributed by atoms with Crippen LogP contribution in [-0.2, 0) is 11.2 Å². The molecule has 0 aliphatic carbocycles. The van der Waals surface area contributed by atoms with Crippen molar-refractivity contribution < 1.29 is 19.1 Å². The summed E-state index contributed by atoms with van der Waals surface area (Å²) in [6.45, 7) is 3.99. The molecule has 0 saturated carbocycles. The Bertz CT molecular complexity index is 744. The number of carbonyl (C=O) groups excluding carboxylic acids is 2. The van der Waals surface area contributed by atoms with E-state index in [1.54, 1.807) is 55.6 Å². The van der Waals surface area contributed by atoms with E-state index in [2.05, 4.69) is 10.9 Å². The highest BCUT2D eigenvalue weighted by molar-refractivity contribution is 5.95. The Morgan fingerprint density at radius 2 is 1.77 bits per heavy atom. The maximum absolute atomic E-state index is 12.2. The average molecular weight is 356 g/mol. The Kier molecular flexibility index (Phi) is 7.02. The normalized spacial score (nSPS) is 11.3. The molecular formula is C20H24N2O4. The van der Waals surface area contributed by atoms with Gasteiger partial charge in [0.1, 0.15) is 11.5 Å². The van der Waals surface area contributed by atoms with Crippen LogP contribution in [0.4, 0.5) is 0 Å². The maximum Gasteiger partial charge on any atom is 0.269 e. The highest BCUT2D eigenvalue weighted by atomic mass is 16.5. The Morgan fingerprint density at radius 3 is 2.42 bits per heavy atom. The summed E-state index contributed by atoms with van der Waals surface area (Å²) in [6, 6.07) is 14.0. The van der Waals surface area contributed by atoms with Gasteiger partial charge < -0.3 is 9.47 Å². The van der Waals surface area contributed by atoms with Gasteiger partial charge in [-0.1, -0.05) is 25.1 Å². The average Bonchev–Trinajstić information content (AvgIpc) is 2.66. The largest absolute Gasteiger partial charge is 0.497 e. The summed E-state index contributed by atoms with van der Waals surface area (Å²) in [5.41, 5.74) is 6.07. The molecule has 2 rings (SSSR count). The lowest BCUT2D eigenvalue weighted by Crippen LogP contribution is -2.42.